The van der Waals surface area contributed by atoms with Crippen LogP contribution in [0.15, 0.2) is 36.4 Å². The van der Waals surface area contributed by atoms with Crippen LogP contribution in [0.5, 0.6) is 5.75 Å². The highest BCUT2D eigenvalue weighted by Crippen LogP contribution is 2.37. The molecule has 0 bridgehead atoms. The summed E-state index contributed by atoms with van der Waals surface area (Å²) in [7, 11) is 2.79. The molecule has 1 atom stereocenters. The van der Waals surface area contributed by atoms with E-state index in [1.54, 1.807) is 18.2 Å². The van der Waals surface area contributed by atoms with Crippen molar-refractivity contribution < 1.29 is 27.5 Å². The first-order chi connectivity index (χ1) is 18.4. The van der Waals surface area contributed by atoms with E-state index >= 15 is 0 Å². The number of methoxy groups -OCH3 is 1. The Hall–Kier alpha value is -3.01. The van der Waals surface area contributed by atoms with Gasteiger partial charge in [-0.05, 0) is 75.3 Å². The van der Waals surface area contributed by atoms with Gasteiger partial charge in [0.15, 0.2) is 5.92 Å². The average Bonchev–Trinajstić information content (AvgIpc) is 2.87. The Kier molecular flexibility index (Phi) is 10.5. The van der Waals surface area contributed by atoms with Crippen LogP contribution in [-0.4, -0.2) is 67.7 Å². The number of benzene rings is 1. The molecule has 0 aliphatic carbocycles. The maximum Gasteiger partial charge on any atom is 0.404 e. The molecule has 1 N–H and O–H groups in total. The summed E-state index contributed by atoms with van der Waals surface area (Å²) in [4.78, 5) is 32.8. The van der Waals surface area contributed by atoms with Crippen LogP contribution < -0.4 is 15.0 Å². The number of aromatic nitrogens is 1. The first kappa shape index (κ1) is 30.5. The molecular weight excluding hydrogens is 533 g/mol. The van der Waals surface area contributed by atoms with Gasteiger partial charge in [-0.2, -0.15) is 13.2 Å². The highest BCUT2D eigenvalue weighted by atomic mass is 35.5. The van der Waals surface area contributed by atoms with Gasteiger partial charge in [0.25, 0.3) is 5.91 Å². The van der Waals surface area contributed by atoms with E-state index < -0.39 is 18.0 Å². The van der Waals surface area contributed by atoms with Crippen LogP contribution in [0.3, 0.4) is 0 Å². The van der Waals surface area contributed by atoms with Crippen LogP contribution in [-0.2, 0) is 4.79 Å². The number of rotatable bonds is 10. The third kappa shape index (κ3) is 8.24. The molecule has 7 nitrogen and oxygen atoms in total. The second kappa shape index (κ2) is 13.4. The number of amides is 2. The molecule has 1 aromatic heterocycles. The summed E-state index contributed by atoms with van der Waals surface area (Å²) in [6, 6.07) is 9.02. The standard InChI is InChI=1S/C28H36ClF3N4O3/c1-18(2)33-26(37)22-10-11-23(34-25(22)29)36-15-12-19(13-16-36)7-6-14-35(3)27(38)24(28(30,31)32)20-8-5-9-21(17-20)39-4/h5,8-11,17-19,24H,6-7,12-16H2,1-4H3,(H,33,37)/t24-/m0/s1. The van der Waals surface area contributed by atoms with E-state index in [0.29, 0.717) is 23.7 Å². The molecule has 3 rings (SSSR count). The molecule has 0 spiro atoms. The van der Waals surface area contributed by atoms with Crippen molar-refractivity contribution in [2.45, 2.75) is 57.7 Å². The SMILES string of the molecule is COc1cccc([C@@H](C(=O)N(C)CCCC2CCN(c3ccc(C(=O)NC(C)C)c(Cl)n3)CC2)C(F)(F)F)c1. The molecule has 2 amide bonds. The minimum atomic E-state index is -4.71. The number of pyridine rings is 1. The molecule has 2 aromatic rings. The predicted molar refractivity (Wildman–Crippen MR) is 145 cm³/mol. The molecule has 11 heteroatoms. The van der Waals surface area contributed by atoms with Crippen LogP contribution >= 0.6 is 11.6 Å². The largest absolute Gasteiger partial charge is 0.497 e. The molecular formula is C28H36ClF3N4O3. The van der Waals surface area contributed by atoms with E-state index in [-0.39, 0.29) is 35.0 Å². The van der Waals surface area contributed by atoms with Crippen LogP contribution in [0, 0.1) is 5.92 Å². The molecule has 1 aromatic carbocycles. The van der Waals surface area contributed by atoms with Crippen molar-refractivity contribution in [3.63, 3.8) is 0 Å². The number of nitrogens with zero attached hydrogens (tertiary/aromatic N) is 3. The van der Waals surface area contributed by atoms with Gasteiger partial charge in [-0.25, -0.2) is 4.98 Å². The Morgan fingerprint density at radius 1 is 1.21 bits per heavy atom. The third-order valence-electron chi connectivity index (χ3n) is 6.92. The first-order valence-electron chi connectivity index (χ1n) is 13.1. The quantitative estimate of drug-likeness (QED) is 0.373. The average molecular weight is 569 g/mol. The van der Waals surface area contributed by atoms with Gasteiger partial charge in [0, 0.05) is 32.7 Å². The molecule has 39 heavy (non-hydrogen) atoms. The van der Waals surface area contributed by atoms with Gasteiger partial charge >= 0.3 is 6.18 Å². The number of hydrogen-bond acceptors (Lipinski definition) is 5. The predicted octanol–water partition coefficient (Wildman–Crippen LogP) is 5.68. The molecule has 1 aliphatic heterocycles. The van der Waals surface area contributed by atoms with Gasteiger partial charge in [0.05, 0.1) is 12.7 Å². The number of anilines is 1. The van der Waals surface area contributed by atoms with Gasteiger partial charge in [0.1, 0.15) is 16.7 Å². The Balaban J connectivity index is 1.50. The molecule has 1 fully saturated rings. The van der Waals surface area contributed by atoms with E-state index in [0.717, 1.165) is 32.4 Å². The number of carbonyl (C=O) groups is 2. The fourth-order valence-corrected chi connectivity index (χ4v) is 5.04. The topological polar surface area (TPSA) is 74.8 Å². The van der Waals surface area contributed by atoms with Gasteiger partial charge in [-0.1, -0.05) is 23.7 Å². The maximum atomic E-state index is 13.9. The zero-order chi connectivity index (χ0) is 28.7. The molecule has 2 heterocycles. The normalized spacial score (nSPS) is 15.3. The zero-order valence-electron chi connectivity index (χ0n) is 22.7. The molecule has 0 unspecified atom stereocenters. The third-order valence-corrected chi connectivity index (χ3v) is 7.21. The highest BCUT2D eigenvalue weighted by molar-refractivity contribution is 6.32. The van der Waals surface area contributed by atoms with Crippen molar-refractivity contribution in [2.24, 2.45) is 5.92 Å². The van der Waals surface area contributed by atoms with Crippen molar-refractivity contribution in [3.8, 4) is 5.75 Å². The number of piperidine rings is 1. The fourth-order valence-electron chi connectivity index (χ4n) is 4.80. The number of likely N-dealkylation sites (N-methyl/N-ethyl adjacent to an activating group) is 1. The fraction of sp³-hybridized carbons (Fsp3) is 0.536. The summed E-state index contributed by atoms with van der Waals surface area (Å²) in [5.74, 6) is -2.09. The lowest BCUT2D eigenvalue weighted by molar-refractivity contribution is -0.171. The second-order valence-corrected chi connectivity index (χ2v) is 10.6. The van der Waals surface area contributed by atoms with Gasteiger partial charge in [-0.3, -0.25) is 9.59 Å². The summed E-state index contributed by atoms with van der Waals surface area (Å²) in [6.45, 7) is 5.50. The summed E-state index contributed by atoms with van der Waals surface area (Å²) < 4.78 is 46.6. The minimum Gasteiger partial charge on any atom is -0.497 e. The molecule has 1 saturated heterocycles. The second-order valence-electron chi connectivity index (χ2n) is 10.2. The van der Waals surface area contributed by atoms with E-state index in [1.165, 1.54) is 37.3 Å². The maximum absolute atomic E-state index is 13.9. The first-order valence-corrected chi connectivity index (χ1v) is 13.5. The summed E-state index contributed by atoms with van der Waals surface area (Å²) in [5.41, 5.74) is 0.204. The summed E-state index contributed by atoms with van der Waals surface area (Å²) in [6.07, 6.45) is -1.51. The van der Waals surface area contributed by atoms with E-state index in [9.17, 15) is 22.8 Å². The van der Waals surface area contributed by atoms with Crippen molar-refractivity contribution in [2.75, 3.05) is 38.7 Å². The van der Waals surface area contributed by atoms with Crippen molar-refractivity contribution in [1.29, 1.82) is 0 Å². The van der Waals surface area contributed by atoms with Crippen LogP contribution in [0.1, 0.15) is 61.4 Å². The number of nitrogens with one attached hydrogen (secondary N) is 1. The lowest BCUT2D eigenvalue weighted by Crippen LogP contribution is -2.39. The minimum absolute atomic E-state index is 0.00999. The Labute approximate surface area is 232 Å². The number of hydrogen-bond donors (Lipinski definition) is 1. The summed E-state index contributed by atoms with van der Waals surface area (Å²) >= 11 is 6.28. The number of halogens is 4. The lowest BCUT2D eigenvalue weighted by atomic mass is 9.92. The van der Waals surface area contributed by atoms with Crippen LogP contribution in [0.2, 0.25) is 5.15 Å². The van der Waals surface area contributed by atoms with E-state index in [4.69, 9.17) is 16.3 Å². The van der Waals surface area contributed by atoms with Crippen molar-refractivity contribution in [3.05, 3.63) is 52.7 Å². The Morgan fingerprint density at radius 3 is 2.49 bits per heavy atom. The molecule has 0 saturated carbocycles. The molecule has 0 radical (unpaired) electrons. The summed E-state index contributed by atoms with van der Waals surface area (Å²) in [5, 5.41) is 2.96. The van der Waals surface area contributed by atoms with E-state index in [1.807, 2.05) is 13.8 Å². The molecule has 214 valence electrons. The van der Waals surface area contributed by atoms with Crippen LogP contribution in [0.25, 0.3) is 0 Å². The Morgan fingerprint density at radius 2 is 1.90 bits per heavy atom. The highest BCUT2D eigenvalue weighted by Gasteiger charge is 2.47. The van der Waals surface area contributed by atoms with Crippen molar-refractivity contribution in [1.82, 2.24) is 15.2 Å². The molecule has 1 aliphatic rings. The smallest absolute Gasteiger partial charge is 0.404 e. The van der Waals surface area contributed by atoms with Gasteiger partial charge < -0.3 is 19.9 Å². The Bertz CT molecular complexity index is 1140. The van der Waals surface area contributed by atoms with E-state index in [2.05, 4.69) is 15.2 Å². The van der Waals surface area contributed by atoms with Crippen LogP contribution in [0.4, 0.5) is 19.0 Å². The lowest BCUT2D eigenvalue weighted by Gasteiger charge is -2.33. The monoisotopic (exact) mass is 568 g/mol. The number of carbonyl (C=O) groups excluding carboxylic acids is 2. The zero-order valence-corrected chi connectivity index (χ0v) is 23.5. The van der Waals surface area contributed by atoms with Gasteiger partial charge in [0.2, 0.25) is 5.91 Å². The number of ether oxygens (including phenoxy) is 1. The van der Waals surface area contributed by atoms with Gasteiger partial charge in [-0.15, -0.1) is 0 Å². The van der Waals surface area contributed by atoms with Crippen molar-refractivity contribution >= 4 is 29.2 Å². The number of alkyl halides is 3.